The Balaban J connectivity index is 2.09. The van der Waals surface area contributed by atoms with Gasteiger partial charge in [0.25, 0.3) is 5.69 Å². The van der Waals surface area contributed by atoms with Crippen molar-refractivity contribution in [3.8, 4) is 0 Å². The Morgan fingerprint density at radius 1 is 1.20 bits per heavy atom. The summed E-state index contributed by atoms with van der Waals surface area (Å²) in [5.41, 5.74) is 3.05. The fourth-order valence-electron chi connectivity index (χ4n) is 1.85. The molecule has 2 rings (SSSR count). The molecule has 0 fully saturated rings. The summed E-state index contributed by atoms with van der Waals surface area (Å²) >= 11 is 1.70. The van der Waals surface area contributed by atoms with Gasteiger partial charge in [0, 0.05) is 29.3 Å². The van der Waals surface area contributed by atoms with Gasteiger partial charge in [-0.25, -0.2) is 0 Å². The van der Waals surface area contributed by atoms with Crippen molar-refractivity contribution in [3.05, 3.63) is 63.7 Å². The smallest absolute Gasteiger partial charge is 0.271 e. The summed E-state index contributed by atoms with van der Waals surface area (Å²) in [7, 11) is 0. The van der Waals surface area contributed by atoms with Gasteiger partial charge < -0.3 is 5.32 Å². The van der Waals surface area contributed by atoms with Crippen LogP contribution in [0.25, 0.3) is 0 Å². The molecule has 0 heterocycles. The van der Waals surface area contributed by atoms with Crippen molar-refractivity contribution < 1.29 is 4.92 Å². The van der Waals surface area contributed by atoms with Gasteiger partial charge in [-0.05, 0) is 36.4 Å². The highest BCUT2D eigenvalue weighted by atomic mass is 32.2. The quantitative estimate of drug-likeness (QED) is 0.508. The van der Waals surface area contributed by atoms with Gasteiger partial charge in [0.15, 0.2) is 0 Å². The van der Waals surface area contributed by atoms with Crippen molar-refractivity contribution >= 4 is 23.1 Å². The molecule has 0 aliphatic rings. The Morgan fingerprint density at radius 2 is 1.90 bits per heavy atom. The van der Waals surface area contributed by atoms with Crippen LogP contribution in [-0.4, -0.2) is 11.2 Å². The van der Waals surface area contributed by atoms with Crippen LogP contribution in [0.5, 0.6) is 0 Å². The standard InChI is InChI=1S/C15H16N2O2S/c1-11-3-6-13(17(18)19)9-15(11)16-10-12-4-7-14(20-2)8-5-12/h3-9,16H,10H2,1-2H3. The largest absolute Gasteiger partial charge is 0.381 e. The minimum Gasteiger partial charge on any atom is -0.381 e. The number of thioether (sulfide) groups is 1. The molecule has 0 aromatic heterocycles. The van der Waals surface area contributed by atoms with E-state index in [1.165, 1.54) is 11.0 Å². The summed E-state index contributed by atoms with van der Waals surface area (Å²) in [5.74, 6) is 0. The number of hydrogen-bond acceptors (Lipinski definition) is 4. The summed E-state index contributed by atoms with van der Waals surface area (Å²) in [4.78, 5) is 11.6. The van der Waals surface area contributed by atoms with Gasteiger partial charge in [0.1, 0.15) is 0 Å². The lowest BCUT2D eigenvalue weighted by molar-refractivity contribution is -0.384. The van der Waals surface area contributed by atoms with Gasteiger partial charge in [-0.15, -0.1) is 11.8 Å². The first-order valence-corrected chi connectivity index (χ1v) is 7.44. The fraction of sp³-hybridized carbons (Fsp3) is 0.200. The maximum Gasteiger partial charge on any atom is 0.271 e. The first-order chi connectivity index (χ1) is 9.60. The number of nitrogens with one attached hydrogen (secondary N) is 1. The second kappa shape index (κ2) is 6.43. The molecule has 20 heavy (non-hydrogen) atoms. The topological polar surface area (TPSA) is 55.2 Å². The van der Waals surface area contributed by atoms with Gasteiger partial charge in [0.05, 0.1) is 4.92 Å². The number of anilines is 1. The highest BCUT2D eigenvalue weighted by Crippen LogP contribution is 2.22. The molecule has 0 saturated heterocycles. The molecule has 0 unspecified atom stereocenters. The van der Waals surface area contributed by atoms with E-state index in [2.05, 4.69) is 29.6 Å². The zero-order valence-corrected chi connectivity index (χ0v) is 12.2. The molecule has 0 atom stereocenters. The van der Waals surface area contributed by atoms with Crippen molar-refractivity contribution in [1.29, 1.82) is 0 Å². The van der Waals surface area contributed by atoms with Gasteiger partial charge in [-0.2, -0.15) is 0 Å². The molecular formula is C15H16N2O2S. The fourth-order valence-corrected chi connectivity index (χ4v) is 2.26. The van der Waals surface area contributed by atoms with E-state index in [4.69, 9.17) is 0 Å². The van der Waals surface area contributed by atoms with Crippen LogP contribution in [0.2, 0.25) is 0 Å². The molecule has 104 valence electrons. The van der Waals surface area contributed by atoms with E-state index in [1.54, 1.807) is 23.9 Å². The minimum atomic E-state index is -0.377. The van der Waals surface area contributed by atoms with Crippen LogP contribution in [0, 0.1) is 17.0 Å². The number of nitro benzene ring substituents is 1. The lowest BCUT2D eigenvalue weighted by atomic mass is 10.1. The number of non-ortho nitro benzene ring substituents is 1. The maximum absolute atomic E-state index is 10.8. The molecule has 4 nitrogen and oxygen atoms in total. The van der Waals surface area contributed by atoms with Crippen molar-refractivity contribution in [2.45, 2.75) is 18.4 Å². The zero-order valence-electron chi connectivity index (χ0n) is 11.4. The van der Waals surface area contributed by atoms with Crippen LogP contribution >= 0.6 is 11.8 Å². The molecule has 0 saturated carbocycles. The van der Waals surface area contributed by atoms with E-state index in [1.807, 2.05) is 13.2 Å². The molecule has 1 N–H and O–H groups in total. The van der Waals surface area contributed by atoms with Crippen LogP contribution in [0.15, 0.2) is 47.4 Å². The highest BCUT2D eigenvalue weighted by molar-refractivity contribution is 7.98. The molecule has 0 aliphatic carbocycles. The summed E-state index contributed by atoms with van der Waals surface area (Å²) in [6, 6.07) is 13.1. The zero-order chi connectivity index (χ0) is 14.5. The lowest BCUT2D eigenvalue weighted by Gasteiger charge is -2.09. The minimum absolute atomic E-state index is 0.107. The Bertz CT molecular complexity index is 612. The van der Waals surface area contributed by atoms with Crippen LogP contribution in [0.4, 0.5) is 11.4 Å². The van der Waals surface area contributed by atoms with Crippen LogP contribution in [-0.2, 0) is 6.54 Å². The van der Waals surface area contributed by atoms with Crippen molar-refractivity contribution in [1.82, 2.24) is 0 Å². The lowest BCUT2D eigenvalue weighted by Crippen LogP contribution is -2.01. The van der Waals surface area contributed by atoms with Crippen LogP contribution in [0.1, 0.15) is 11.1 Å². The van der Waals surface area contributed by atoms with E-state index in [0.29, 0.717) is 6.54 Å². The summed E-state index contributed by atoms with van der Waals surface area (Å²) in [6.45, 7) is 2.58. The number of hydrogen-bond donors (Lipinski definition) is 1. The van der Waals surface area contributed by atoms with Crippen molar-refractivity contribution in [2.75, 3.05) is 11.6 Å². The molecule has 0 radical (unpaired) electrons. The highest BCUT2D eigenvalue weighted by Gasteiger charge is 2.08. The first-order valence-electron chi connectivity index (χ1n) is 6.22. The van der Waals surface area contributed by atoms with Crippen molar-refractivity contribution in [3.63, 3.8) is 0 Å². The Kier molecular flexibility index (Phi) is 4.63. The third-order valence-corrected chi connectivity index (χ3v) is 3.82. The molecule has 0 aliphatic heterocycles. The van der Waals surface area contributed by atoms with Gasteiger partial charge in [0.2, 0.25) is 0 Å². The average molecular weight is 288 g/mol. The predicted molar refractivity (Wildman–Crippen MR) is 83.4 cm³/mol. The number of nitrogens with zero attached hydrogens (tertiary/aromatic N) is 1. The van der Waals surface area contributed by atoms with Gasteiger partial charge in [-0.1, -0.05) is 18.2 Å². The second-order valence-electron chi connectivity index (χ2n) is 4.46. The van der Waals surface area contributed by atoms with Gasteiger partial charge in [-0.3, -0.25) is 10.1 Å². The predicted octanol–water partition coefficient (Wildman–Crippen LogP) is 4.24. The van der Waals surface area contributed by atoms with E-state index >= 15 is 0 Å². The Morgan fingerprint density at radius 3 is 2.50 bits per heavy atom. The number of benzene rings is 2. The van der Waals surface area contributed by atoms with Crippen LogP contribution < -0.4 is 5.32 Å². The molecule has 2 aromatic rings. The molecule has 5 heteroatoms. The second-order valence-corrected chi connectivity index (χ2v) is 5.34. The number of rotatable bonds is 5. The molecule has 0 spiro atoms. The maximum atomic E-state index is 10.8. The summed E-state index contributed by atoms with van der Waals surface area (Å²) in [6.07, 6.45) is 2.04. The van der Waals surface area contributed by atoms with E-state index in [-0.39, 0.29) is 10.6 Å². The molecule has 2 aromatic carbocycles. The summed E-state index contributed by atoms with van der Waals surface area (Å²) in [5, 5.41) is 14.0. The Hall–Kier alpha value is -2.01. The first kappa shape index (κ1) is 14.4. The molecule has 0 amide bonds. The third kappa shape index (κ3) is 3.51. The summed E-state index contributed by atoms with van der Waals surface area (Å²) < 4.78 is 0. The Labute approximate surface area is 122 Å². The average Bonchev–Trinajstić information content (AvgIpc) is 2.46. The molecular weight excluding hydrogens is 272 g/mol. The van der Waals surface area contributed by atoms with Gasteiger partial charge >= 0.3 is 0 Å². The number of aryl methyl sites for hydroxylation is 1. The van der Waals surface area contributed by atoms with Crippen molar-refractivity contribution in [2.24, 2.45) is 0 Å². The monoisotopic (exact) mass is 288 g/mol. The third-order valence-electron chi connectivity index (χ3n) is 3.07. The van der Waals surface area contributed by atoms with E-state index in [9.17, 15) is 10.1 Å². The SMILES string of the molecule is CSc1ccc(CNc2cc([N+](=O)[O-])ccc2C)cc1. The normalized spacial score (nSPS) is 10.3. The molecule has 0 bridgehead atoms. The van der Waals surface area contributed by atoms with Crippen LogP contribution in [0.3, 0.4) is 0 Å². The van der Waals surface area contributed by atoms with E-state index < -0.39 is 0 Å². The number of nitro groups is 1. The van der Waals surface area contributed by atoms with E-state index in [0.717, 1.165) is 16.8 Å².